The first-order chi connectivity index (χ1) is 59.4. The van der Waals surface area contributed by atoms with Crippen LogP contribution in [-0.2, 0) is 95.4 Å². The first-order valence-corrected chi connectivity index (χ1v) is 44.0. The molecule has 5 amide bonds. The van der Waals surface area contributed by atoms with Gasteiger partial charge in [-0.05, 0) is 146 Å². The number of carboxylic acids is 4. The van der Waals surface area contributed by atoms with Gasteiger partial charge in [0.25, 0.3) is 0 Å². The Morgan fingerprint density at radius 1 is 0.323 bits per heavy atom. The number of unbranched alkanes of at least 4 members (excludes halogenated alkanes) is 13. The number of likely N-dealkylation sites (N-methyl/N-ethyl adjacent to an activating group) is 1. The zero-order valence-corrected chi connectivity index (χ0v) is 73.4. The van der Waals surface area contributed by atoms with Crippen LogP contribution in [0.25, 0.3) is 0 Å². The van der Waals surface area contributed by atoms with E-state index >= 15 is 0 Å². The fourth-order valence-corrected chi connectivity index (χ4v) is 12.2. The molecule has 0 fully saturated rings. The van der Waals surface area contributed by atoms with Gasteiger partial charge in [-0.1, -0.05) is 98.3 Å². The summed E-state index contributed by atoms with van der Waals surface area (Å²) in [4.78, 5) is 166. The predicted octanol–water partition coefficient (Wildman–Crippen LogP) is 10.0. The Labute approximate surface area is 733 Å². The van der Waals surface area contributed by atoms with Crippen LogP contribution in [0.5, 0.6) is 11.5 Å². The molecular formula is C90H148N6O28. The van der Waals surface area contributed by atoms with Crippen molar-refractivity contribution in [3.63, 3.8) is 0 Å². The summed E-state index contributed by atoms with van der Waals surface area (Å²) in [5.74, 6) is -5.43. The highest BCUT2D eigenvalue weighted by atomic mass is 16.5. The summed E-state index contributed by atoms with van der Waals surface area (Å²) in [6.07, 6.45) is 20.6. The van der Waals surface area contributed by atoms with Crippen molar-refractivity contribution in [1.29, 1.82) is 0 Å². The number of carboxylic acid groups (broad SMARTS) is 4. The van der Waals surface area contributed by atoms with Gasteiger partial charge in [0, 0.05) is 96.7 Å². The van der Waals surface area contributed by atoms with Crippen molar-refractivity contribution in [2.24, 2.45) is 11.8 Å². The molecule has 34 nitrogen and oxygen atoms in total. The van der Waals surface area contributed by atoms with Crippen LogP contribution >= 0.6 is 0 Å². The van der Waals surface area contributed by atoms with E-state index < -0.39 is 35.8 Å². The van der Waals surface area contributed by atoms with E-state index in [0.717, 1.165) is 103 Å². The van der Waals surface area contributed by atoms with Crippen molar-refractivity contribution in [3.05, 3.63) is 59.7 Å². The molecule has 34 heteroatoms. The summed E-state index contributed by atoms with van der Waals surface area (Å²) in [5, 5.41) is 53.4. The number of aliphatic carboxylic acids is 2. The Morgan fingerprint density at radius 3 is 1.20 bits per heavy atom. The number of benzene rings is 2. The third-order valence-electron chi connectivity index (χ3n) is 19.4. The Morgan fingerprint density at radius 2 is 0.742 bits per heavy atom. The molecule has 0 aliphatic carbocycles. The minimum Gasteiger partial charge on any atom is -0.494 e. The molecule has 4 atom stereocenters. The monoisotopic (exact) mass is 1760 g/mol. The van der Waals surface area contributed by atoms with Gasteiger partial charge < -0.3 is 99.7 Å². The molecule has 0 saturated heterocycles. The zero-order valence-electron chi connectivity index (χ0n) is 73.4. The van der Waals surface area contributed by atoms with Crippen LogP contribution in [0.4, 0.5) is 0 Å². The van der Waals surface area contributed by atoms with Crippen LogP contribution < -0.4 is 41.4 Å². The molecular weight excluding hydrogens is 1610 g/mol. The maximum absolute atomic E-state index is 12.4. The van der Waals surface area contributed by atoms with Gasteiger partial charge in [-0.25, -0.2) is 14.4 Å². The summed E-state index contributed by atoms with van der Waals surface area (Å²) in [6.45, 7) is 11.1. The van der Waals surface area contributed by atoms with Crippen LogP contribution in [0.3, 0.4) is 0 Å². The molecule has 706 valence electrons. The third-order valence-corrected chi connectivity index (χ3v) is 19.4. The van der Waals surface area contributed by atoms with Crippen LogP contribution in [0.1, 0.15) is 261 Å². The minimum atomic E-state index is -1.18. The van der Waals surface area contributed by atoms with Crippen molar-refractivity contribution >= 4 is 82.3 Å². The van der Waals surface area contributed by atoms with E-state index in [-0.39, 0.29) is 226 Å². The maximum atomic E-state index is 12.4. The SMILES string of the molecule is C.CCCNC(=O)COCCOCCCC(=O)COCCOCCNC(=O)CC[C@H](CC(=O)CCCCCCCCCOc1ccc(C(=O)O)cc1)C(=O)O.CCC[C@H](NC)C(=O)CC[C@@H](CCCCNC(=O)COCCOCCNC(=O)COCCOCCCC(=O)CC[C@H](NC(=O)CCCCCCCCCOc1ccc(C(=O)O)cc1)C(=O)O)C(C)=O. The molecule has 0 spiro atoms. The first-order valence-electron chi connectivity index (χ1n) is 44.0. The second-order valence-electron chi connectivity index (χ2n) is 29.9. The van der Waals surface area contributed by atoms with Gasteiger partial charge in [0.2, 0.25) is 29.5 Å². The van der Waals surface area contributed by atoms with Gasteiger partial charge in [0.1, 0.15) is 67.1 Å². The molecule has 0 saturated carbocycles. The number of ether oxygens (including phenoxy) is 10. The molecule has 124 heavy (non-hydrogen) atoms. The average molecular weight is 1760 g/mol. The second-order valence-corrected chi connectivity index (χ2v) is 29.9. The Kier molecular flexibility index (Phi) is 73.4. The molecule has 0 aromatic heterocycles. The largest absolute Gasteiger partial charge is 0.494 e. The molecule has 0 aliphatic heterocycles. The molecule has 0 radical (unpaired) electrons. The summed E-state index contributed by atoms with van der Waals surface area (Å²) in [5.41, 5.74) is 0.437. The molecule has 0 heterocycles. The van der Waals surface area contributed by atoms with Gasteiger partial charge >= 0.3 is 23.9 Å². The molecule has 10 N–H and O–H groups in total. The van der Waals surface area contributed by atoms with Gasteiger partial charge in [-0.3, -0.25) is 52.7 Å². The number of hydrogen-bond acceptors (Lipinski definition) is 25. The predicted molar refractivity (Wildman–Crippen MR) is 465 cm³/mol. The normalized spacial score (nSPS) is 11.9. The number of carbonyl (C=O) groups excluding carboxylic acids is 10. The van der Waals surface area contributed by atoms with Crippen LogP contribution in [0, 0.1) is 11.8 Å². The molecule has 2 aromatic rings. The fraction of sp³-hybridized carbons (Fsp3) is 0.711. The van der Waals surface area contributed by atoms with Crippen molar-refractivity contribution in [1.82, 2.24) is 31.9 Å². The van der Waals surface area contributed by atoms with Crippen LogP contribution in [0.15, 0.2) is 48.5 Å². The first kappa shape index (κ1) is 115. The number of aromatic carboxylic acids is 2. The zero-order chi connectivity index (χ0) is 90.6. The average Bonchev–Trinajstić information content (AvgIpc) is 0.893. The summed E-state index contributed by atoms with van der Waals surface area (Å²) in [6, 6.07) is 11.3. The van der Waals surface area contributed by atoms with E-state index in [1.165, 1.54) is 24.3 Å². The number of Topliss-reactive ketones (excluding diaryl/α,β-unsaturated/α-hetero) is 5. The van der Waals surface area contributed by atoms with E-state index in [0.29, 0.717) is 128 Å². The third kappa shape index (κ3) is 67.6. The lowest BCUT2D eigenvalue weighted by Gasteiger charge is -2.17. The highest BCUT2D eigenvalue weighted by Gasteiger charge is 2.25. The topological polar surface area (TPSA) is 484 Å². The van der Waals surface area contributed by atoms with Gasteiger partial charge in [-0.2, -0.15) is 0 Å². The number of nitrogens with one attached hydrogen (secondary N) is 6. The Balaban J connectivity index is 0.00000249. The Bertz CT molecular complexity index is 3250. The number of rotatable bonds is 84. The van der Waals surface area contributed by atoms with Gasteiger partial charge in [0.15, 0.2) is 5.78 Å². The summed E-state index contributed by atoms with van der Waals surface area (Å²) in [7, 11) is 1.78. The fourth-order valence-electron chi connectivity index (χ4n) is 12.2. The molecule has 0 aliphatic rings. The number of ketones is 5. The number of carbonyl (C=O) groups is 14. The van der Waals surface area contributed by atoms with E-state index in [2.05, 4.69) is 31.9 Å². The lowest BCUT2D eigenvalue weighted by molar-refractivity contribution is -0.144. The van der Waals surface area contributed by atoms with Crippen LogP contribution in [-0.4, -0.2) is 267 Å². The van der Waals surface area contributed by atoms with Crippen LogP contribution in [0.2, 0.25) is 0 Å². The van der Waals surface area contributed by atoms with Gasteiger partial charge in [-0.15, -0.1) is 0 Å². The quantitative estimate of drug-likeness (QED) is 0.0275. The van der Waals surface area contributed by atoms with E-state index in [1.807, 2.05) is 13.8 Å². The molecule has 0 unspecified atom stereocenters. The Hall–Kier alpha value is -8.74. The van der Waals surface area contributed by atoms with Crippen molar-refractivity contribution in [3.8, 4) is 11.5 Å². The molecule has 2 aromatic carbocycles. The smallest absolute Gasteiger partial charge is 0.335 e. The summed E-state index contributed by atoms with van der Waals surface area (Å²) < 4.78 is 54.2. The number of hydrogen-bond donors (Lipinski definition) is 10. The highest BCUT2D eigenvalue weighted by molar-refractivity contribution is 5.89. The molecule has 2 rings (SSSR count). The summed E-state index contributed by atoms with van der Waals surface area (Å²) >= 11 is 0. The van der Waals surface area contributed by atoms with Crippen molar-refractivity contribution in [2.45, 2.75) is 252 Å². The van der Waals surface area contributed by atoms with E-state index in [1.54, 1.807) is 38.2 Å². The van der Waals surface area contributed by atoms with E-state index in [9.17, 15) is 77.3 Å². The standard InChI is InChI=1S/C50H82N4O15.C39H62N2O13.CH4/c1-4-15-43(51-3)45(57)26-21-39(38(2)55)16-11-12-27-52-47(59)36-68-35-33-66-31-28-53-48(60)37-67-34-32-65-29-14-17-41(56)22-25-44(50(63)64)54-46(58)18-10-8-6-5-7-9-13-30-69-42-23-19-40(20-24-42)49(61)62;1-2-19-40-37(45)30-53-27-24-50-21-10-12-34(43)29-52-26-25-51-23-20-41-36(44)18-15-32(39(48)49)28-33(42)11-8-6-4-3-5-7-9-22-54-35-16-13-31(14-17-35)38(46)47;/h19-20,23-24,39,43-44,51H,4-18,21-22,25-37H2,1-3H3,(H,52,59)(H,53,60)(H,54,58)(H,61,62)(H,63,64);13-14,16-17,32H,2-12,15,18-30H2,1H3,(H,40,45)(H,41,44)(H,46,47)(H,48,49);1H4/t39-,43+,44+;32-;/m11./s1. The second kappa shape index (κ2) is 78.9. The maximum Gasteiger partial charge on any atom is 0.335 e. The lowest BCUT2D eigenvalue weighted by Crippen LogP contribution is -2.41. The van der Waals surface area contributed by atoms with Crippen molar-refractivity contribution < 1.29 is 135 Å². The highest BCUT2D eigenvalue weighted by Crippen LogP contribution is 2.21. The number of amides is 5. The van der Waals surface area contributed by atoms with Crippen molar-refractivity contribution in [2.75, 3.05) is 152 Å². The minimum absolute atomic E-state index is 0. The van der Waals surface area contributed by atoms with Gasteiger partial charge in [0.05, 0.1) is 102 Å². The molecule has 0 bridgehead atoms. The lowest BCUT2D eigenvalue weighted by atomic mass is 9.90. The van der Waals surface area contributed by atoms with E-state index in [4.69, 9.17) is 57.6 Å².